The summed E-state index contributed by atoms with van der Waals surface area (Å²) in [7, 11) is 0. The van der Waals surface area contributed by atoms with Gasteiger partial charge in [-0.3, -0.25) is 10.1 Å². The van der Waals surface area contributed by atoms with Gasteiger partial charge in [0.1, 0.15) is 6.54 Å². The molecule has 1 N–H and O–H groups in total. The molecule has 124 valence electrons. The summed E-state index contributed by atoms with van der Waals surface area (Å²) in [6.45, 7) is 1.97. The van der Waals surface area contributed by atoms with Gasteiger partial charge in [0, 0.05) is 11.9 Å². The summed E-state index contributed by atoms with van der Waals surface area (Å²) < 4.78 is 47.6. The summed E-state index contributed by atoms with van der Waals surface area (Å²) in [6, 6.07) is 2.97. The first-order chi connectivity index (χ1) is 10.4. The molecule has 0 radical (unpaired) electrons. The quantitative estimate of drug-likeness (QED) is 0.868. The molecule has 1 saturated heterocycles. The van der Waals surface area contributed by atoms with E-state index in [0.29, 0.717) is 13.0 Å². The van der Waals surface area contributed by atoms with E-state index in [1.165, 1.54) is 22.9 Å². The fraction of sp³-hybridized carbons (Fsp3) is 0.667. The smallest absolute Gasteiger partial charge is 0.412 e. The molecule has 2 heterocycles. The van der Waals surface area contributed by atoms with Gasteiger partial charge in [-0.05, 0) is 38.4 Å². The number of aromatic nitrogens is 1. The van der Waals surface area contributed by atoms with E-state index in [9.17, 15) is 18.0 Å². The number of esters is 1. The van der Waals surface area contributed by atoms with Crippen LogP contribution in [0.5, 0.6) is 0 Å². The zero-order chi connectivity index (χ0) is 16.2. The van der Waals surface area contributed by atoms with Gasteiger partial charge >= 0.3 is 12.1 Å². The highest BCUT2D eigenvalue weighted by molar-refractivity contribution is 5.69. The largest absolute Gasteiger partial charge is 0.465 e. The zero-order valence-corrected chi connectivity index (χ0v) is 12.6. The van der Waals surface area contributed by atoms with Crippen molar-refractivity contribution in [1.29, 1.82) is 0 Å². The molecule has 1 aliphatic heterocycles. The molecule has 0 saturated carbocycles. The van der Waals surface area contributed by atoms with Crippen LogP contribution in [0.1, 0.15) is 38.3 Å². The third kappa shape index (κ3) is 3.29. The normalized spacial score (nSPS) is 23.1. The molecule has 0 spiro atoms. The maximum Gasteiger partial charge on any atom is 0.412 e. The van der Waals surface area contributed by atoms with Gasteiger partial charge in [0.15, 0.2) is 5.54 Å². The average molecular weight is 318 g/mol. The van der Waals surface area contributed by atoms with Crippen LogP contribution in [0.15, 0.2) is 18.3 Å². The summed E-state index contributed by atoms with van der Waals surface area (Å²) in [6.07, 6.45) is -0.977. The lowest BCUT2D eigenvalue weighted by atomic mass is 9.88. The Bertz CT molecular complexity index is 503. The van der Waals surface area contributed by atoms with E-state index >= 15 is 0 Å². The number of rotatable bonds is 4. The molecule has 1 fully saturated rings. The molecular weight excluding hydrogens is 297 g/mol. The van der Waals surface area contributed by atoms with Crippen LogP contribution in [-0.4, -0.2) is 29.9 Å². The number of ether oxygens (including phenoxy) is 1. The Hall–Kier alpha value is -1.50. The van der Waals surface area contributed by atoms with E-state index < -0.39 is 17.7 Å². The number of nitrogens with one attached hydrogen (secondary N) is 1. The third-order valence-electron chi connectivity index (χ3n) is 4.01. The van der Waals surface area contributed by atoms with E-state index in [-0.39, 0.29) is 25.3 Å². The van der Waals surface area contributed by atoms with Gasteiger partial charge in [-0.1, -0.05) is 12.8 Å². The van der Waals surface area contributed by atoms with Gasteiger partial charge in [0.05, 0.1) is 6.61 Å². The van der Waals surface area contributed by atoms with Crippen molar-refractivity contribution >= 4 is 5.97 Å². The van der Waals surface area contributed by atoms with Gasteiger partial charge in [-0.2, -0.15) is 13.2 Å². The highest BCUT2D eigenvalue weighted by atomic mass is 19.4. The molecule has 1 atom stereocenters. The fourth-order valence-electron chi connectivity index (χ4n) is 2.97. The predicted octanol–water partition coefficient (Wildman–Crippen LogP) is 2.97. The molecule has 0 amide bonds. The summed E-state index contributed by atoms with van der Waals surface area (Å²) in [5.41, 5.74) is -2.02. The molecule has 1 unspecified atom stereocenters. The standard InChI is InChI=1S/C15H21F3N2O2/c1-2-22-13(21)11-20-10-6-7-12(20)14(15(16,17)18)8-4-3-5-9-19-14/h6-7,10,19H,2-5,8-9,11H2,1H3. The number of alkyl halides is 3. The second-order valence-electron chi connectivity index (χ2n) is 5.47. The number of hydrogen-bond acceptors (Lipinski definition) is 3. The molecule has 1 aliphatic rings. The van der Waals surface area contributed by atoms with Crippen LogP contribution in [0.25, 0.3) is 0 Å². The number of halogens is 3. The lowest BCUT2D eigenvalue weighted by Gasteiger charge is -2.36. The first-order valence-corrected chi connectivity index (χ1v) is 7.54. The fourth-order valence-corrected chi connectivity index (χ4v) is 2.97. The molecular formula is C15H21F3N2O2. The van der Waals surface area contributed by atoms with Crippen LogP contribution in [0.4, 0.5) is 13.2 Å². The molecule has 22 heavy (non-hydrogen) atoms. The maximum atomic E-state index is 13.8. The average Bonchev–Trinajstić information content (AvgIpc) is 2.73. The minimum Gasteiger partial charge on any atom is -0.465 e. The molecule has 0 bridgehead atoms. The molecule has 1 aromatic heterocycles. The number of hydrogen-bond donors (Lipinski definition) is 1. The van der Waals surface area contributed by atoms with Crippen molar-refractivity contribution in [2.24, 2.45) is 0 Å². The Morgan fingerprint density at radius 1 is 1.41 bits per heavy atom. The van der Waals surface area contributed by atoms with Gasteiger partial charge < -0.3 is 9.30 Å². The first-order valence-electron chi connectivity index (χ1n) is 7.54. The third-order valence-corrected chi connectivity index (χ3v) is 4.01. The van der Waals surface area contributed by atoms with E-state index in [1.54, 1.807) is 6.92 Å². The van der Waals surface area contributed by atoms with E-state index in [2.05, 4.69) is 5.32 Å². The Labute approximate surface area is 127 Å². The van der Waals surface area contributed by atoms with Crippen LogP contribution in [-0.2, 0) is 21.6 Å². The van der Waals surface area contributed by atoms with Crippen molar-refractivity contribution in [1.82, 2.24) is 9.88 Å². The minimum absolute atomic E-state index is 0.0245. The summed E-state index contributed by atoms with van der Waals surface area (Å²) in [4.78, 5) is 11.6. The Balaban J connectivity index is 2.37. The van der Waals surface area contributed by atoms with Crippen molar-refractivity contribution < 1.29 is 22.7 Å². The maximum absolute atomic E-state index is 13.8. The van der Waals surface area contributed by atoms with E-state index in [4.69, 9.17) is 4.74 Å². The number of nitrogens with zero attached hydrogens (tertiary/aromatic N) is 1. The Kier molecular flexibility index (Phi) is 5.16. The first kappa shape index (κ1) is 16.9. The summed E-state index contributed by atoms with van der Waals surface area (Å²) >= 11 is 0. The molecule has 0 aromatic carbocycles. The highest BCUT2D eigenvalue weighted by Gasteiger charge is 2.57. The lowest BCUT2D eigenvalue weighted by Crippen LogP contribution is -2.54. The monoisotopic (exact) mass is 318 g/mol. The van der Waals surface area contributed by atoms with E-state index in [0.717, 1.165) is 12.8 Å². The lowest BCUT2D eigenvalue weighted by molar-refractivity contribution is -0.204. The molecule has 2 rings (SSSR count). The van der Waals surface area contributed by atoms with Crippen molar-refractivity contribution in [3.8, 4) is 0 Å². The van der Waals surface area contributed by atoms with Crippen LogP contribution in [0.3, 0.4) is 0 Å². The van der Waals surface area contributed by atoms with Crippen molar-refractivity contribution in [3.05, 3.63) is 24.0 Å². The Morgan fingerprint density at radius 3 is 2.86 bits per heavy atom. The second kappa shape index (κ2) is 6.73. The number of carbonyl (C=O) groups excluding carboxylic acids is 1. The van der Waals surface area contributed by atoms with Crippen LogP contribution >= 0.6 is 0 Å². The SMILES string of the molecule is CCOC(=O)Cn1cccc1C1(C(F)(F)F)CCCCCN1. The van der Waals surface area contributed by atoms with Crippen LogP contribution < -0.4 is 5.32 Å². The van der Waals surface area contributed by atoms with Crippen molar-refractivity contribution in [2.75, 3.05) is 13.2 Å². The van der Waals surface area contributed by atoms with Gasteiger partial charge in [0.25, 0.3) is 0 Å². The number of carbonyl (C=O) groups is 1. The summed E-state index contributed by atoms with van der Waals surface area (Å²) in [5.74, 6) is -0.536. The topological polar surface area (TPSA) is 43.3 Å². The molecule has 7 heteroatoms. The molecule has 4 nitrogen and oxygen atoms in total. The van der Waals surface area contributed by atoms with Crippen LogP contribution in [0, 0.1) is 0 Å². The van der Waals surface area contributed by atoms with Gasteiger partial charge in [-0.25, -0.2) is 0 Å². The van der Waals surface area contributed by atoms with Crippen molar-refractivity contribution in [2.45, 2.75) is 50.9 Å². The van der Waals surface area contributed by atoms with Crippen molar-refractivity contribution in [3.63, 3.8) is 0 Å². The molecule has 1 aromatic rings. The van der Waals surface area contributed by atoms with Crippen LogP contribution in [0.2, 0.25) is 0 Å². The zero-order valence-electron chi connectivity index (χ0n) is 12.6. The van der Waals surface area contributed by atoms with Gasteiger partial charge in [0.2, 0.25) is 0 Å². The second-order valence-corrected chi connectivity index (χ2v) is 5.47. The molecule has 0 aliphatic carbocycles. The minimum atomic E-state index is -4.43. The van der Waals surface area contributed by atoms with Gasteiger partial charge in [-0.15, -0.1) is 0 Å². The predicted molar refractivity (Wildman–Crippen MR) is 75.3 cm³/mol. The Morgan fingerprint density at radius 2 is 2.18 bits per heavy atom. The summed E-state index contributed by atoms with van der Waals surface area (Å²) in [5, 5.41) is 2.69. The highest BCUT2D eigenvalue weighted by Crippen LogP contribution is 2.44. The van der Waals surface area contributed by atoms with E-state index in [1.807, 2.05) is 0 Å².